The van der Waals surface area contributed by atoms with Gasteiger partial charge in [-0.3, -0.25) is 0 Å². The van der Waals surface area contributed by atoms with Gasteiger partial charge in [-0.15, -0.1) is 0 Å². The molecule has 1 aromatic carbocycles. The van der Waals surface area contributed by atoms with E-state index in [9.17, 15) is 0 Å². The van der Waals surface area contributed by atoms with Crippen LogP contribution in [0.2, 0.25) is 0 Å². The smallest absolute Gasteiger partial charge is 0.142 e. The Hall–Kier alpha value is -0.850. The van der Waals surface area contributed by atoms with Crippen LogP contribution in [0.15, 0.2) is 27.1 Å². The predicted molar refractivity (Wildman–Crippen MR) is 71.5 cm³/mol. The Kier molecular flexibility index (Phi) is 3.32. The van der Waals surface area contributed by atoms with Crippen LogP contribution in [0.3, 0.4) is 0 Å². The number of nitrogens with zero attached hydrogens (tertiary/aromatic N) is 1. The second kappa shape index (κ2) is 4.57. The third-order valence-corrected chi connectivity index (χ3v) is 3.38. The number of rotatable bonds is 2. The van der Waals surface area contributed by atoms with Gasteiger partial charge in [0.15, 0.2) is 0 Å². The highest BCUT2D eigenvalue weighted by molar-refractivity contribution is 9.11. The molecule has 4 nitrogen and oxygen atoms in total. The maximum Gasteiger partial charge on any atom is 0.142 e. The fourth-order valence-electron chi connectivity index (χ4n) is 1.49. The number of nitrogen functional groups attached to an aromatic ring is 1. The normalized spacial score (nSPS) is 10.5. The number of hydrogen-bond donors (Lipinski definition) is 2. The molecular weight excluding hydrogens is 338 g/mol. The molecule has 0 spiro atoms. The number of aromatic nitrogens is 1. The first-order valence-corrected chi connectivity index (χ1v) is 6.05. The minimum atomic E-state index is 0.609. The Morgan fingerprint density at radius 1 is 1.31 bits per heavy atom. The Bertz CT molecular complexity index is 545. The molecule has 0 unspecified atom stereocenters. The summed E-state index contributed by atoms with van der Waals surface area (Å²) < 4.78 is 7.09. The number of pyridine rings is 1. The molecule has 0 aliphatic rings. The molecule has 1 aromatic heterocycles. The van der Waals surface area contributed by atoms with E-state index in [1.807, 2.05) is 12.1 Å². The standard InChI is InChI=1S/C10H9Br2N3O/c1-16-10-5-2-3-8(15-13)14-9(5)6(11)4-7(10)12/h2-4H,13H2,1H3,(H,14,15). The summed E-state index contributed by atoms with van der Waals surface area (Å²) in [6, 6.07) is 5.60. The van der Waals surface area contributed by atoms with E-state index in [-0.39, 0.29) is 0 Å². The zero-order chi connectivity index (χ0) is 11.7. The molecule has 0 saturated carbocycles. The van der Waals surface area contributed by atoms with Crippen molar-refractivity contribution in [2.75, 3.05) is 12.5 Å². The molecule has 16 heavy (non-hydrogen) atoms. The average Bonchev–Trinajstić information content (AvgIpc) is 2.29. The van der Waals surface area contributed by atoms with Gasteiger partial charge in [-0.25, -0.2) is 10.8 Å². The van der Waals surface area contributed by atoms with E-state index in [1.165, 1.54) is 0 Å². The summed E-state index contributed by atoms with van der Waals surface area (Å²) in [5, 5.41) is 0.919. The molecule has 0 saturated heterocycles. The monoisotopic (exact) mass is 345 g/mol. The van der Waals surface area contributed by atoms with E-state index in [0.717, 1.165) is 25.6 Å². The molecule has 2 rings (SSSR count). The molecule has 0 aliphatic carbocycles. The van der Waals surface area contributed by atoms with Crippen LogP contribution in [0.4, 0.5) is 5.82 Å². The predicted octanol–water partition coefficient (Wildman–Crippen LogP) is 3.05. The van der Waals surface area contributed by atoms with Crippen molar-refractivity contribution in [3.63, 3.8) is 0 Å². The number of ether oxygens (including phenoxy) is 1. The van der Waals surface area contributed by atoms with Crippen molar-refractivity contribution >= 4 is 48.6 Å². The number of nitrogens with two attached hydrogens (primary N) is 1. The van der Waals surface area contributed by atoms with Gasteiger partial charge < -0.3 is 10.2 Å². The zero-order valence-corrected chi connectivity index (χ0v) is 11.6. The van der Waals surface area contributed by atoms with Gasteiger partial charge in [0.25, 0.3) is 0 Å². The topological polar surface area (TPSA) is 60.2 Å². The van der Waals surface area contributed by atoms with Gasteiger partial charge in [0.2, 0.25) is 0 Å². The van der Waals surface area contributed by atoms with E-state index >= 15 is 0 Å². The highest BCUT2D eigenvalue weighted by atomic mass is 79.9. The average molecular weight is 347 g/mol. The first-order valence-electron chi connectivity index (χ1n) is 4.46. The second-order valence-corrected chi connectivity index (χ2v) is 4.82. The van der Waals surface area contributed by atoms with Crippen molar-refractivity contribution < 1.29 is 4.74 Å². The largest absolute Gasteiger partial charge is 0.495 e. The third kappa shape index (κ3) is 1.88. The lowest BCUT2D eigenvalue weighted by Crippen LogP contribution is -2.08. The zero-order valence-electron chi connectivity index (χ0n) is 8.42. The molecule has 0 amide bonds. The number of halogens is 2. The van der Waals surface area contributed by atoms with Crippen molar-refractivity contribution in [2.45, 2.75) is 0 Å². The summed E-state index contributed by atoms with van der Waals surface area (Å²) in [6.07, 6.45) is 0. The van der Waals surface area contributed by atoms with Gasteiger partial charge in [-0.05, 0) is 50.1 Å². The van der Waals surface area contributed by atoms with E-state index in [2.05, 4.69) is 42.3 Å². The molecule has 0 radical (unpaired) electrons. The lowest BCUT2D eigenvalue weighted by molar-refractivity contribution is 0.417. The second-order valence-electron chi connectivity index (χ2n) is 3.11. The number of anilines is 1. The molecule has 1 heterocycles. The summed E-state index contributed by atoms with van der Waals surface area (Å²) in [5.41, 5.74) is 3.32. The summed E-state index contributed by atoms with van der Waals surface area (Å²) in [4.78, 5) is 4.36. The molecule has 0 aliphatic heterocycles. The van der Waals surface area contributed by atoms with E-state index < -0.39 is 0 Å². The minimum absolute atomic E-state index is 0.609. The van der Waals surface area contributed by atoms with Gasteiger partial charge in [0, 0.05) is 9.86 Å². The van der Waals surface area contributed by atoms with Crippen molar-refractivity contribution in [2.24, 2.45) is 5.84 Å². The fraction of sp³-hybridized carbons (Fsp3) is 0.100. The SMILES string of the molecule is COc1c(Br)cc(Br)c2nc(NN)ccc12. The molecule has 84 valence electrons. The van der Waals surface area contributed by atoms with Crippen molar-refractivity contribution in [1.82, 2.24) is 4.98 Å². The van der Waals surface area contributed by atoms with Crippen LogP contribution in [-0.4, -0.2) is 12.1 Å². The van der Waals surface area contributed by atoms with Crippen LogP contribution in [0.25, 0.3) is 10.9 Å². The molecule has 0 atom stereocenters. The highest BCUT2D eigenvalue weighted by Gasteiger charge is 2.11. The summed E-state index contributed by atoms with van der Waals surface area (Å²) in [5.74, 6) is 6.69. The van der Waals surface area contributed by atoms with Crippen LogP contribution in [0.1, 0.15) is 0 Å². The molecule has 3 N–H and O–H groups in total. The van der Waals surface area contributed by atoms with Gasteiger partial charge in [-0.1, -0.05) is 0 Å². The summed E-state index contributed by atoms with van der Waals surface area (Å²) in [7, 11) is 1.63. The Morgan fingerprint density at radius 3 is 2.69 bits per heavy atom. The maximum absolute atomic E-state index is 5.33. The van der Waals surface area contributed by atoms with Gasteiger partial charge in [0.1, 0.15) is 11.6 Å². The number of hydrazine groups is 1. The maximum atomic E-state index is 5.33. The molecule has 6 heteroatoms. The van der Waals surface area contributed by atoms with E-state index in [1.54, 1.807) is 13.2 Å². The molecule has 0 fully saturated rings. The van der Waals surface area contributed by atoms with Crippen LogP contribution in [-0.2, 0) is 0 Å². The number of fused-ring (bicyclic) bond motifs is 1. The van der Waals surface area contributed by atoms with E-state index in [0.29, 0.717) is 5.82 Å². The fourth-order valence-corrected chi connectivity index (χ4v) is 2.93. The molecular formula is C10H9Br2N3O. The van der Waals surface area contributed by atoms with E-state index in [4.69, 9.17) is 10.6 Å². The van der Waals surface area contributed by atoms with Crippen LogP contribution in [0, 0.1) is 0 Å². The number of nitrogens with one attached hydrogen (secondary N) is 1. The van der Waals surface area contributed by atoms with Crippen LogP contribution < -0.4 is 16.0 Å². The molecule has 2 aromatic rings. The Balaban J connectivity index is 2.82. The molecule has 0 bridgehead atoms. The summed E-state index contributed by atoms with van der Waals surface area (Å²) >= 11 is 6.90. The third-order valence-electron chi connectivity index (χ3n) is 2.19. The van der Waals surface area contributed by atoms with Gasteiger partial charge >= 0.3 is 0 Å². The Labute approximate surface area is 109 Å². The number of benzene rings is 1. The lowest BCUT2D eigenvalue weighted by atomic mass is 10.2. The van der Waals surface area contributed by atoms with Crippen molar-refractivity contribution in [3.05, 3.63) is 27.1 Å². The van der Waals surface area contributed by atoms with Crippen molar-refractivity contribution in [1.29, 1.82) is 0 Å². The Morgan fingerprint density at radius 2 is 2.06 bits per heavy atom. The van der Waals surface area contributed by atoms with Gasteiger partial charge in [-0.2, -0.15) is 0 Å². The highest BCUT2D eigenvalue weighted by Crippen LogP contribution is 2.37. The number of hydrogen-bond acceptors (Lipinski definition) is 4. The summed E-state index contributed by atoms with van der Waals surface area (Å²) in [6.45, 7) is 0. The van der Waals surface area contributed by atoms with Crippen LogP contribution >= 0.6 is 31.9 Å². The van der Waals surface area contributed by atoms with Crippen molar-refractivity contribution in [3.8, 4) is 5.75 Å². The minimum Gasteiger partial charge on any atom is -0.495 e. The number of methoxy groups -OCH3 is 1. The quantitative estimate of drug-likeness (QED) is 0.648. The first kappa shape index (κ1) is 11.6. The lowest BCUT2D eigenvalue weighted by Gasteiger charge is -2.10. The van der Waals surface area contributed by atoms with Crippen LogP contribution in [0.5, 0.6) is 5.75 Å². The first-order chi connectivity index (χ1) is 7.67. The van der Waals surface area contributed by atoms with Gasteiger partial charge in [0.05, 0.1) is 17.1 Å².